The van der Waals surface area contributed by atoms with Crippen LogP contribution in [-0.2, 0) is 11.3 Å². The topological polar surface area (TPSA) is 71.2 Å². The van der Waals surface area contributed by atoms with Gasteiger partial charge in [-0.1, -0.05) is 19.9 Å². The van der Waals surface area contributed by atoms with Gasteiger partial charge in [-0.05, 0) is 18.7 Å². The molecule has 0 fully saturated rings. The van der Waals surface area contributed by atoms with E-state index in [-0.39, 0.29) is 11.8 Å². The number of nitrogens with zero attached hydrogens (tertiary/aromatic N) is 2. The molecule has 94 valence electrons. The summed E-state index contributed by atoms with van der Waals surface area (Å²) in [6.45, 7) is 6.23. The highest BCUT2D eigenvalue weighted by Gasteiger charge is 2.15. The van der Waals surface area contributed by atoms with E-state index in [4.69, 9.17) is 5.84 Å². The van der Waals surface area contributed by atoms with Gasteiger partial charge in [-0.15, -0.1) is 0 Å². The van der Waals surface area contributed by atoms with E-state index in [1.165, 1.54) is 0 Å². The molecule has 0 spiro atoms. The molecular formula is C12H20N4O. The Morgan fingerprint density at radius 3 is 2.88 bits per heavy atom. The standard InChI is InChI=1S/C12H20N4O/c1-3-16(8-10(2)12(17)15-13)9-11-6-4-5-7-14-11/h4-7,10H,3,8-9,13H2,1-2H3,(H,15,17). The predicted molar refractivity (Wildman–Crippen MR) is 66.7 cm³/mol. The van der Waals surface area contributed by atoms with E-state index in [1.807, 2.05) is 25.1 Å². The third kappa shape index (κ3) is 4.50. The molecular weight excluding hydrogens is 216 g/mol. The highest BCUT2D eigenvalue weighted by molar-refractivity contribution is 5.77. The van der Waals surface area contributed by atoms with Crippen molar-refractivity contribution in [2.75, 3.05) is 13.1 Å². The maximum Gasteiger partial charge on any atom is 0.237 e. The molecule has 1 amide bonds. The Balaban J connectivity index is 2.52. The molecule has 0 aliphatic heterocycles. The molecule has 17 heavy (non-hydrogen) atoms. The number of carbonyl (C=O) groups is 1. The lowest BCUT2D eigenvalue weighted by Crippen LogP contribution is -2.40. The van der Waals surface area contributed by atoms with Crippen molar-refractivity contribution in [1.29, 1.82) is 0 Å². The van der Waals surface area contributed by atoms with Gasteiger partial charge in [0.05, 0.1) is 5.69 Å². The van der Waals surface area contributed by atoms with Gasteiger partial charge < -0.3 is 0 Å². The summed E-state index contributed by atoms with van der Waals surface area (Å²) < 4.78 is 0. The molecule has 0 bridgehead atoms. The first-order valence-corrected chi connectivity index (χ1v) is 5.80. The van der Waals surface area contributed by atoms with Crippen molar-refractivity contribution in [3.63, 3.8) is 0 Å². The van der Waals surface area contributed by atoms with E-state index < -0.39 is 0 Å². The molecule has 1 rings (SSSR count). The zero-order chi connectivity index (χ0) is 12.7. The third-order valence-corrected chi connectivity index (χ3v) is 2.68. The highest BCUT2D eigenvalue weighted by Crippen LogP contribution is 2.05. The van der Waals surface area contributed by atoms with Crippen LogP contribution in [0.4, 0.5) is 0 Å². The molecule has 5 nitrogen and oxygen atoms in total. The van der Waals surface area contributed by atoms with E-state index >= 15 is 0 Å². The molecule has 1 heterocycles. The minimum Gasteiger partial charge on any atom is -0.297 e. The molecule has 3 N–H and O–H groups in total. The molecule has 1 aromatic heterocycles. The Labute approximate surface area is 102 Å². The quantitative estimate of drug-likeness (QED) is 0.429. The Morgan fingerprint density at radius 2 is 2.35 bits per heavy atom. The number of carbonyl (C=O) groups excluding carboxylic acids is 1. The van der Waals surface area contributed by atoms with Crippen molar-refractivity contribution in [3.05, 3.63) is 30.1 Å². The second-order valence-corrected chi connectivity index (χ2v) is 4.06. The summed E-state index contributed by atoms with van der Waals surface area (Å²) in [5, 5.41) is 0. The zero-order valence-electron chi connectivity index (χ0n) is 10.4. The van der Waals surface area contributed by atoms with Crippen LogP contribution >= 0.6 is 0 Å². The second-order valence-electron chi connectivity index (χ2n) is 4.06. The van der Waals surface area contributed by atoms with E-state index in [0.717, 1.165) is 18.8 Å². The van der Waals surface area contributed by atoms with Crippen molar-refractivity contribution >= 4 is 5.91 Å². The van der Waals surface area contributed by atoms with Crippen LogP contribution in [0.25, 0.3) is 0 Å². The van der Waals surface area contributed by atoms with Gasteiger partial charge in [-0.2, -0.15) is 0 Å². The summed E-state index contributed by atoms with van der Waals surface area (Å²) in [4.78, 5) is 17.8. The van der Waals surface area contributed by atoms with Crippen LogP contribution in [-0.4, -0.2) is 28.9 Å². The van der Waals surface area contributed by atoms with Crippen molar-refractivity contribution in [2.24, 2.45) is 11.8 Å². The summed E-state index contributed by atoms with van der Waals surface area (Å²) in [6, 6.07) is 5.84. The minimum atomic E-state index is -0.135. The molecule has 1 aromatic rings. The first kappa shape index (κ1) is 13.6. The van der Waals surface area contributed by atoms with Crippen molar-refractivity contribution in [3.8, 4) is 0 Å². The molecule has 0 saturated carbocycles. The van der Waals surface area contributed by atoms with Crippen LogP contribution in [0.2, 0.25) is 0 Å². The molecule has 0 aliphatic rings. The van der Waals surface area contributed by atoms with Gasteiger partial charge in [0.1, 0.15) is 0 Å². The Kier molecular flexibility index (Phi) is 5.59. The molecule has 0 radical (unpaired) electrons. The Bertz CT molecular complexity index is 342. The number of amides is 1. The fourth-order valence-corrected chi connectivity index (χ4v) is 1.64. The first-order chi connectivity index (χ1) is 8.17. The average Bonchev–Trinajstić information content (AvgIpc) is 2.38. The molecule has 1 atom stereocenters. The van der Waals surface area contributed by atoms with Gasteiger partial charge >= 0.3 is 0 Å². The fourth-order valence-electron chi connectivity index (χ4n) is 1.64. The number of hydrogen-bond donors (Lipinski definition) is 2. The number of nitrogens with two attached hydrogens (primary N) is 1. The SMILES string of the molecule is CCN(Cc1ccccn1)CC(C)C(=O)NN. The lowest BCUT2D eigenvalue weighted by atomic mass is 10.1. The number of pyridine rings is 1. The van der Waals surface area contributed by atoms with E-state index in [0.29, 0.717) is 6.54 Å². The number of rotatable bonds is 6. The van der Waals surface area contributed by atoms with Gasteiger partial charge in [0.2, 0.25) is 5.91 Å². The van der Waals surface area contributed by atoms with Crippen LogP contribution < -0.4 is 11.3 Å². The van der Waals surface area contributed by atoms with E-state index in [2.05, 4.69) is 22.2 Å². The van der Waals surface area contributed by atoms with Crippen molar-refractivity contribution in [1.82, 2.24) is 15.3 Å². The maximum absolute atomic E-state index is 11.3. The Morgan fingerprint density at radius 1 is 1.59 bits per heavy atom. The van der Waals surface area contributed by atoms with Crippen molar-refractivity contribution < 1.29 is 4.79 Å². The minimum absolute atomic E-state index is 0.122. The molecule has 0 aliphatic carbocycles. The van der Waals surface area contributed by atoms with Crippen LogP contribution in [0.3, 0.4) is 0 Å². The first-order valence-electron chi connectivity index (χ1n) is 5.80. The van der Waals surface area contributed by atoms with Gasteiger partial charge in [0.15, 0.2) is 0 Å². The lowest BCUT2D eigenvalue weighted by Gasteiger charge is -2.22. The van der Waals surface area contributed by atoms with Crippen LogP contribution in [0.5, 0.6) is 0 Å². The van der Waals surface area contributed by atoms with Gasteiger partial charge in [-0.3, -0.25) is 20.1 Å². The third-order valence-electron chi connectivity index (χ3n) is 2.68. The summed E-state index contributed by atoms with van der Waals surface area (Å²) in [5.74, 6) is 4.86. The largest absolute Gasteiger partial charge is 0.297 e. The zero-order valence-corrected chi connectivity index (χ0v) is 10.4. The van der Waals surface area contributed by atoms with Gasteiger partial charge in [0.25, 0.3) is 0 Å². The average molecular weight is 236 g/mol. The molecule has 0 aromatic carbocycles. The normalized spacial score (nSPS) is 12.5. The monoisotopic (exact) mass is 236 g/mol. The van der Waals surface area contributed by atoms with Gasteiger partial charge in [0, 0.05) is 25.2 Å². The summed E-state index contributed by atoms with van der Waals surface area (Å²) in [7, 11) is 0. The van der Waals surface area contributed by atoms with E-state index in [9.17, 15) is 4.79 Å². The smallest absolute Gasteiger partial charge is 0.237 e. The molecule has 5 heteroatoms. The van der Waals surface area contributed by atoms with E-state index in [1.54, 1.807) is 6.20 Å². The second kappa shape index (κ2) is 6.98. The summed E-state index contributed by atoms with van der Waals surface area (Å²) in [6.07, 6.45) is 1.78. The predicted octanol–water partition coefficient (Wildman–Crippen LogP) is 0.529. The highest BCUT2D eigenvalue weighted by atomic mass is 16.2. The molecule has 1 unspecified atom stereocenters. The summed E-state index contributed by atoms with van der Waals surface area (Å²) in [5.41, 5.74) is 3.19. The van der Waals surface area contributed by atoms with Gasteiger partial charge in [-0.25, -0.2) is 5.84 Å². The summed E-state index contributed by atoms with van der Waals surface area (Å²) >= 11 is 0. The maximum atomic E-state index is 11.3. The van der Waals surface area contributed by atoms with Crippen molar-refractivity contribution in [2.45, 2.75) is 20.4 Å². The number of hydrazine groups is 1. The van der Waals surface area contributed by atoms with Crippen LogP contribution in [0.1, 0.15) is 19.5 Å². The Hall–Kier alpha value is -1.46. The number of nitrogens with one attached hydrogen (secondary N) is 1. The number of hydrogen-bond acceptors (Lipinski definition) is 4. The van der Waals surface area contributed by atoms with Crippen LogP contribution in [0, 0.1) is 5.92 Å². The fraction of sp³-hybridized carbons (Fsp3) is 0.500. The van der Waals surface area contributed by atoms with Crippen LogP contribution in [0.15, 0.2) is 24.4 Å². The molecule has 0 saturated heterocycles. The lowest BCUT2D eigenvalue weighted by molar-refractivity contribution is -0.125. The number of aromatic nitrogens is 1.